The number of hydrogen-bond acceptors (Lipinski definition) is 5. The van der Waals surface area contributed by atoms with E-state index in [1.807, 2.05) is 13.8 Å². The number of carbonyl (C=O) groups is 3. The van der Waals surface area contributed by atoms with E-state index in [1.54, 1.807) is 13.8 Å². The van der Waals surface area contributed by atoms with Crippen LogP contribution in [-0.4, -0.2) is 55.9 Å². The zero-order valence-corrected chi connectivity index (χ0v) is 29.0. The summed E-state index contributed by atoms with van der Waals surface area (Å²) in [6.07, 6.45) is 25.3. The van der Waals surface area contributed by atoms with Gasteiger partial charge in [0, 0.05) is 37.9 Å². The Kier molecular flexibility index (Phi) is 22.2. The van der Waals surface area contributed by atoms with Crippen LogP contribution in [0.5, 0.6) is 0 Å². The van der Waals surface area contributed by atoms with Gasteiger partial charge < -0.3 is 25.4 Å². The monoisotopic (exact) mass is 622 g/mol. The number of nitrogens with one attached hydrogen (secondary N) is 3. The molecule has 0 radical (unpaired) electrons. The van der Waals surface area contributed by atoms with Crippen LogP contribution in [0.2, 0.25) is 0 Å². The second-order valence-corrected chi connectivity index (χ2v) is 13.7. The maximum absolute atomic E-state index is 12.6. The average Bonchev–Trinajstić information content (AvgIpc) is 2.97. The van der Waals surface area contributed by atoms with Gasteiger partial charge in [-0.3, -0.25) is 14.4 Å². The molecule has 0 aliphatic carbocycles. The summed E-state index contributed by atoms with van der Waals surface area (Å²) >= 11 is 0. The Balaban J connectivity index is 1.88. The number of amides is 3. The number of allylic oxidation sites excluding steroid dienone is 2. The fourth-order valence-electron chi connectivity index (χ4n) is 5.31. The molecule has 1 heterocycles. The summed E-state index contributed by atoms with van der Waals surface area (Å²) in [6.45, 7) is 11.8. The first kappa shape index (κ1) is 40.1. The van der Waals surface area contributed by atoms with Crippen molar-refractivity contribution in [2.45, 2.75) is 169 Å². The molecule has 1 aliphatic rings. The van der Waals surface area contributed by atoms with Crippen molar-refractivity contribution in [1.82, 2.24) is 16.0 Å². The van der Waals surface area contributed by atoms with Crippen molar-refractivity contribution in [2.75, 3.05) is 26.2 Å². The van der Waals surface area contributed by atoms with Gasteiger partial charge in [-0.05, 0) is 58.8 Å². The summed E-state index contributed by atoms with van der Waals surface area (Å²) in [5, 5.41) is 8.79. The summed E-state index contributed by atoms with van der Waals surface area (Å²) < 4.78 is 11.5. The number of hydrogen-bond donors (Lipinski definition) is 3. The first-order valence-electron chi connectivity index (χ1n) is 17.9. The van der Waals surface area contributed by atoms with Crippen LogP contribution in [0.25, 0.3) is 0 Å². The lowest BCUT2D eigenvalue weighted by Gasteiger charge is -2.44. The quantitative estimate of drug-likeness (QED) is 0.0685. The Hall–Kier alpha value is -1.93. The Labute approximate surface area is 269 Å². The Morgan fingerprint density at radius 3 is 1.73 bits per heavy atom. The molecule has 8 heteroatoms. The molecule has 1 atom stereocenters. The van der Waals surface area contributed by atoms with Crippen LogP contribution in [0.3, 0.4) is 0 Å². The number of carbonyl (C=O) groups excluding carboxylic acids is 3. The van der Waals surface area contributed by atoms with Gasteiger partial charge in [-0.2, -0.15) is 0 Å². The lowest BCUT2D eigenvalue weighted by atomic mass is 9.85. The number of ether oxygens (including phenoxy) is 2. The summed E-state index contributed by atoms with van der Waals surface area (Å²) in [5.41, 5.74) is -0.436. The largest absolute Gasteiger partial charge is 0.356 e. The first-order valence-corrected chi connectivity index (χ1v) is 17.9. The molecule has 0 spiro atoms. The summed E-state index contributed by atoms with van der Waals surface area (Å²) in [7, 11) is 0. The van der Waals surface area contributed by atoms with E-state index < -0.39 is 17.3 Å². The number of rotatable bonds is 26. The van der Waals surface area contributed by atoms with Gasteiger partial charge in [-0.1, -0.05) is 97.1 Å². The van der Waals surface area contributed by atoms with Gasteiger partial charge in [0.15, 0.2) is 5.79 Å². The van der Waals surface area contributed by atoms with Gasteiger partial charge in [0.25, 0.3) is 0 Å². The summed E-state index contributed by atoms with van der Waals surface area (Å²) in [5.74, 6) is -0.915. The standard InChI is InChI=1S/C36H67N3O5/c1-6-7-8-9-10-11-12-13-14-15-16-17-18-19-22-25-31(40)37-27-23-20-21-24-28-38-32(41)26-29-39-34(42)33-35(2,3)30-43-36(4,5)44-33/h13-14,33H,6-12,15-30H2,1-5H3,(H,37,40)(H,38,41)(H,39,42). The number of unbranched alkanes of at least 4 members (excludes halogenated alkanes) is 14. The molecule has 1 aliphatic heterocycles. The molecule has 8 nitrogen and oxygen atoms in total. The Bertz CT molecular complexity index is 812. The highest BCUT2D eigenvalue weighted by Crippen LogP contribution is 2.34. The van der Waals surface area contributed by atoms with Crippen molar-refractivity contribution in [3.8, 4) is 0 Å². The molecule has 0 bridgehead atoms. The van der Waals surface area contributed by atoms with E-state index in [1.165, 1.54) is 70.6 Å². The van der Waals surface area contributed by atoms with E-state index in [9.17, 15) is 14.4 Å². The molecule has 1 saturated heterocycles. The summed E-state index contributed by atoms with van der Waals surface area (Å²) in [6, 6.07) is 0. The molecule has 1 fully saturated rings. The minimum atomic E-state index is -0.801. The lowest BCUT2D eigenvalue weighted by molar-refractivity contribution is -0.304. The van der Waals surface area contributed by atoms with Gasteiger partial charge in [0.1, 0.15) is 6.10 Å². The third-order valence-corrected chi connectivity index (χ3v) is 8.21. The third-order valence-electron chi connectivity index (χ3n) is 8.21. The summed E-state index contributed by atoms with van der Waals surface area (Å²) in [4.78, 5) is 36.8. The van der Waals surface area contributed by atoms with E-state index >= 15 is 0 Å². The molecule has 44 heavy (non-hydrogen) atoms. The lowest BCUT2D eigenvalue weighted by Crippen LogP contribution is -2.56. The predicted octanol–water partition coefficient (Wildman–Crippen LogP) is 7.50. The predicted molar refractivity (Wildman–Crippen MR) is 180 cm³/mol. The van der Waals surface area contributed by atoms with E-state index in [-0.39, 0.29) is 30.7 Å². The molecule has 1 unspecified atom stereocenters. The van der Waals surface area contributed by atoms with Gasteiger partial charge >= 0.3 is 0 Å². The van der Waals surface area contributed by atoms with E-state index in [0.29, 0.717) is 19.6 Å². The SMILES string of the molecule is CCCCCCCCC=CCCCCCCCC(=O)NCCCCCCNC(=O)CCNC(=O)C1OC(C)(C)OCC1(C)C. The second kappa shape index (κ2) is 24.3. The van der Waals surface area contributed by atoms with Crippen molar-refractivity contribution < 1.29 is 23.9 Å². The maximum atomic E-state index is 12.6. The fourth-order valence-corrected chi connectivity index (χ4v) is 5.31. The normalized spacial score (nSPS) is 17.4. The smallest absolute Gasteiger partial charge is 0.249 e. The van der Waals surface area contributed by atoms with Crippen molar-refractivity contribution in [3.63, 3.8) is 0 Å². The molecule has 256 valence electrons. The molecular formula is C36H67N3O5. The van der Waals surface area contributed by atoms with Gasteiger partial charge in [0.2, 0.25) is 17.7 Å². The molecular weight excluding hydrogens is 554 g/mol. The fraction of sp³-hybridized carbons (Fsp3) is 0.861. The minimum absolute atomic E-state index is 0.0688. The van der Waals surface area contributed by atoms with Crippen molar-refractivity contribution in [2.24, 2.45) is 5.41 Å². The van der Waals surface area contributed by atoms with E-state index in [4.69, 9.17) is 9.47 Å². The van der Waals surface area contributed by atoms with E-state index in [0.717, 1.165) is 45.1 Å². The van der Waals surface area contributed by atoms with Crippen LogP contribution in [-0.2, 0) is 23.9 Å². The molecule has 0 aromatic heterocycles. The molecule has 0 aromatic rings. The van der Waals surface area contributed by atoms with Crippen molar-refractivity contribution in [1.29, 1.82) is 0 Å². The highest BCUT2D eigenvalue weighted by atomic mass is 16.7. The second-order valence-electron chi connectivity index (χ2n) is 13.7. The van der Waals surface area contributed by atoms with Crippen LogP contribution in [0.15, 0.2) is 12.2 Å². The van der Waals surface area contributed by atoms with Gasteiger partial charge in [0.05, 0.1) is 6.61 Å². The van der Waals surface area contributed by atoms with Gasteiger partial charge in [-0.15, -0.1) is 0 Å². The van der Waals surface area contributed by atoms with Crippen LogP contribution < -0.4 is 16.0 Å². The molecule has 0 aromatic carbocycles. The molecule has 3 N–H and O–H groups in total. The van der Waals surface area contributed by atoms with Crippen LogP contribution in [0, 0.1) is 5.41 Å². The molecule has 3 amide bonds. The Morgan fingerprint density at radius 1 is 0.636 bits per heavy atom. The minimum Gasteiger partial charge on any atom is -0.356 e. The van der Waals surface area contributed by atoms with Gasteiger partial charge in [-0.25, -0.2) is 0 Å². The third kappa shape index (κ3) is 20.9. The highest BCUT2D eigenvalue weighted by Gasteiger charge is 2.45. The molecule has 0 saturated carbocycles. The first-order chi connectivity index (χ1) is 21.1. The zero-order chi connectivity index (χ0) is 32.5. The van der Waals surface area contributed by atoms with Crippen LogP contribution in [0.1, 0.15) is 157 Å². The van der Waals surface area contributed by atoms with Crippen LogP contribution in [0.4, 0.5) is 0 Å². The maximum Gasteiger partial charge on any atom is 0.249 e. The highest BCUT2D eigenvalue weighted by molar-refractivity contribution is 5.83. The van der Waals surface area contributed by atoms with Crippen molar-refractivity contribution in [3.05, 3.63) is 12.2 Å². The Morgan fingerprint density at radius 2 is 1.14 bits per heavy atom. The van der Waals surface area contributed by atoms with Crippen LogP contribution >= 0.6 is 0 Å². The van der Waals surface area contributed by atoms with E-state index in [2.05, 4.69) is 35.0 Å². The average molecular weight is 622 g/mol. The molecule has 1 rings (SSSR count). The topological polar surface area (TPSA) is 106 Å². The van der Waals surface area contributed by atoms with Crippen molar-refractivity contribution >= 4 is 17.7 Å². The zero-order valence-electron chi connectivity index (χ0n) is 29.0.